The summed E-state index contributed by atoms with van der Waals surface area (Å²) in [6, 6.07) is 23.5. The number of furan rings is 1. The molecular weight excluding hydrogens is 495 g/mol. The van der Waals surface area contributed by atoms with Crippen LogP contribution in [0.1, 0.15) is 63.5 Å². The van der Waals surface area contributed by atoms with E-state index in [1.807, 2.05) is 30.0 Å². The van der Waals surface area contributed by atoms with E-state index in [9.17, 15) is 14.0 Å². The van der Waals surface area contributed by atoms with Gasteiger partial charge in [-0.1, -0.05) is 55.0 Å². The first-order chi connectivity index (χ1) is 18.9. The minimum absolute atomic E-state index is 0.122. The summed E-state index contributed by atoms with van der Waals surface area (Å²) in [4.78, 5) is 27.3. The number of nitrogens with zero attached hydrogens (tertiary/aromatic N) is 1. The number of carbonyl (C=O) groups is 2. The van der Waals surface area contributed by atoms with E-state index in [-0.39, 0.29) is 42.6 Å². The van der Waals surface area contributed by atoms with Gasteiger partial charge in [-0.3, -0.25) is 9.59 Å². The minimum atomic E-state index is -0.388. The molecule has 39 heavy (non-hydrogen) atoms. The quantitative estimate of drug-likeness (QED) is 0.300. The average Bonchev–Trinajstić information content (AvgIpc) is 3.43. The number of hydrogen-bond donors (Lipinski definition) is 1. The van der Waals surface area contributed by atoms with Gasteiger partial charge < -0.3 is 19.4 Å². The van der Waals surface area contributed by atoms with Gasteiger partial charge >= 0.3 is 0 Å². The topological polar surface area (TPSA) is 71.8 Å². The predicted molar refractivity (Wildman–Crippen MR) is 146 cm³/mol. The summed E-state index contributed by atoms with van der Waals surface area (Å²) in [5, 5.41) is 2.73. The Morgan fingerprint density at radius 3 is 2.69 bits per heavy atom. The summed E-state index contributed by atoms with van der Waals surface area (Å²) >= 11 is 0. The molecular formula is C32H31FN2O4. The maximum absolute atomic E-state index is 13.4. The van der Waals surface area contributed by atoms with Crippen LogP contribution in [-0.4, -0.2) is 23.3 Å². The third-order valence-electron chi connectivity index (χ3n) is 6.93. The molecule has 7 heteroatoms. The number of amides is 2. The Morgan fingerprint density at radius 1 is 1.05 bits per heavy atom. The first-order valence-corrected chi connectivity index (χ1v) is 13.1. The van der Waals surface area contributed by atoms with E-state index in [0.29, 0.717) is 30.0 Å². The van der Waals surface area contributed by atoms with Gasteiger partial charge in [-0.15, -0.1) is 0 Å². The van der Waals surface area contributed by atoms with Gasteiger partial charge in [0.15, 0.2) is 5.76 Å². The van der Waals surface area contributed by atoms with Crippen LogP contribution in [-0.2, 0) is 24.4 Å². The van der Waals surface area contributed by atoms with E-state index >= 15 is 0 Å². The zero-order valence-corrected chi connectivity index (χ0v) is 22.1. The van der Waals surface area contributed by atoms with Crippen molar-refractivity contribution in [3.05, 3.63) is 124 Å². The molecule has 5 rings (SSSR count). The number of carbonyl (C=O) groups excluding carboxylic acids is 2. The summed E-state index contributed by atoms with van der Waals surface area (Å²) in [7, 11) is 0. The highest BCUT2D eigenvalue weighted by molar-refractivity contribution is 5.91. The van der Waals surface area contributed by atoms with Crippen LogP contribution in [0, 0.1) is 12.7 Å². The van der Waals surface area contributed by atoms with Crippen LogP contribution < -0.4 is 10.1 Å². The second-order valence-corrected chi connectivity index (χ2v) is 9.74. The molecule has 1 aliphatic heterocycles. The molecule has 0 saturated heterocycles. The van der Waals surface area contributed by atoms with Crippen LogP contribution in [0.15, 0.2) is 83.3 Å². The fourth-order valence-corrected chi connectivity index (χ4v) is 5.00. The van der Waals surface area contributed by atoms with Crippen molar-refractivity contribution in [1.29, 1.82) is 0 Å². The number of benzene rings is 3. The molecule has 0 fully saturated rings. The molecule has 1 aliphatic rings. The fourth-order valence-electron chi connectivity index (χ4n) is 5.00. The maximum atomic E-state index is 13.4. The summed E-state index contributed by atoms with van der Waals surface area (Å²) in [6.45, 7) is 4.96. The number of rotatable bonds is 8. The lowest BCUT2D eigenvalue weighted by Crippen LogP contribution is -2.40. The monoisotopic (exact) mass is 526 g/mol. The highest BCUT2D eigenvalue weighted by atomic mass is 19.1. The Bertz CT molecular complexity index is 1500. The van der Waals surface area contributed by atoms with E-state index in [1.165, 1.54) is 17.7 Å². The number of halogens is 1. The molecule has 2 amide bonds. The van der Waals surface area contributed by atoms with Gasteiger partial charge in [0.2, 0.25) is 5.91 Å². The molecule has 200 valence electrons. The van der Waals surface area contributed by atoms with Gasteiger partial charge in [0.1, 0.15) is 23.9 Å². The van der Waals surface area contributed by atoms with E-state index in [4.69, 9.17) is 9.15 Å². The summed E-state index contributed by atoms with van der Waals surface area (Å²) in [5.74, 6) is 0.700. The molecule has 0 unspecified atom stereocenters. The number of hydrogen-bond acceptors (Lipinski definition) is 4. The lowest BCUT2D eigenvalue weighted by molar-refractivity contribution is -0.132. The van der Waals surface area contributed by atoms with Crippen molar-refractivity contribution in [2.24, 2.45) is 0 Å². The van der Waals surface area contributed by atoms with Crippen LogP contribution in [0.25, 0.3) is 0 Å². The van der Waals surface area contributed by atoms with Crippen molar-refractivity contribution in [3.63, 3.8) is 0 Å². The molecule has 1 aromatic heterocycles. The molecule has 4 aromatic rings. The third-order valence-corrected chi connectivity index (χ3v) is 6.93. The Balaban J connectivity index is 1.29. The minimum Gasteiger partial charge on any atom is -0.486 e. The van der Waals surface area contributed by atoms with Crippen LogP contribution >= 0.6 is 0 Å². The smallest absolute Gasteiger partial charge is 0.287 e. The predicted octanol–water partition coefficient (Wildman–Crippen LogP) is 6.12. The van der Waals surface area contributed by atoms with Crippen molar-refractivity contribution in [3.8, 4) is 5.75 Å². The van der Waals surface area contributed by atoms with E-state index in [1.54, 1.807) is 24.3 Å². The largest absolute Gasteiger partial charge is 0.486 e. The first-order valence-electron chi connectivity index (χ1n) is 13.1. The van der Waals surface area contributed by atoms with Crippen molar-refractivity contribution >= 4 is 11.8 Å². The zero-order valence-electron chi connectivity index (χ0n) is 22.1. The molecule has 0 bridgehead atoms. The second-order valence-electron chi connectivity index (χ2n) is 9.74. The Kier molecular flexibility index (Phi) is 7.77. The number of ether oxygens (including phenoxy) is 1. The normalized spacial score (nSPS) is 14.5. The van der Waals surface area contributed by atoms with Crippen molar-refractivity contribution < 1.29 is 23.1 Å². The Labute approximate surface area is 227 Å². The number of aryl methyl sites for hydroxylation is 1. The average molecular weight is 527 g/mol. The van der Waals surface area contributed by atoms with Gasteiger partial charge in [-0.05, 0) is 72.0 Å². The molecule has 0 saturated carbocycles. The molecule has 0 radical (unpaired) electrons. The van der Waals surface area contributed by atoms with E-state index in [2.05, 4.69) is 36.5 Å². The van der Waals surface area contributed by atoms with Crippen LogP contribution in [0.2, 0.25) is 0 Å². The molecule has 6 nitrogen and oxygen atoms in total. The Hall–Kier alpha value is -4.39. The molecule has 3 aromatic carbocycles. The molecule has 1 N–H and O–H groups in total. The van der Waals surface area contributed by atoms with Crippen LogP contribution in [0.5, 0.6) is 5.75 Å². The number of fused-ring (bicyclic) bond motifs is 1. The highest BCUT2D eigenvalue weighted by Gasteiger charge is 2.31. The lowest BCUT2D eigenvalue weighted by atomic mass is 9.87. The van der Waals surface area contributed by atoms with Gasteiger partial charge in [0, 0.05) is 19.5 Å². The van der Waals surface area contributed by atoms with Crippen molar-refractivity contribution in [1.82, 2.24) is 10.2 Å². The van der Waals surface area contributed by atoms with E-state index < -0.39 is 0 Å². The first kappa shape index (κ1) is 26.2. The number of nitrogens with one attached hydrogen (secondary N) is 1. The molecule has 0 aliphatic carbocycles. The van der Waals surface area contributed by atoms with E-state index in [0.717, 1.165) is 23.1 Å². The second kappa shape index (κ2) is 11.6. The SMILES string of the molecule is CCC(=O)N1CCc2ccc(OCc3ccc(C(=O)NCc4cccc(F)c4)o3)cc2[C@@H]1c1cccc(C)c1. The maximum Gasteiger partial charge on any atom is 0.287 e. The standard InChI is InChI=1S/C32H31FN2O4/c1-3-30(36)35-15-14-23-10-11-26(18-28(23)31(35)24-8-4-6-21(2)16-24)38-20-27-12-13-29(39-27)32(37)34-19-22-7-5-9-25(33)17-22/h4-13,16-18,31H,3,14-15,19-20H2,1-2H3,(H,34,37)/t31-/m0/s1. The third kappa shape index (κ3) is 6.03. The van der Waals surface area contributed by atoms with Crippen LogP contribution in [0.3, 0.4) is 0 Å². The van der Waals surface area contributed by atoms with Crippen molar-refractivity contribution in [2.75, 3.05) is 6.54 Å². The fraction of sp³-hybridized carbons (Fsp3) is 0.250. The van der Waals surface area contributed by atoms with Crippen molar-refractivity contribution in [2.45, 2.75) is 45.9 Å². The van der Waals surface area contributed by atoms with Crippen LogP contribution in [0.4, 0.5) is 4.39 Å². The van der Waals surface area contributed by atoms with Gasteiger partial charge in [0.05, 0.1) is 6.04 Å². The Morgan fingerprint density at radius 2 is 1.90 bits per heavy atom. The highest BCUT2D eigenvalue weighted by Crippen LogP contribution is 2.38. The lowest BCUT2D eigenvalue weighted by Gasteiger charge is -2.38. The summed E-state index contributed by atoms with van der Waals surface area (Å²) < 4.78 is 25.1. The molecule has 0 spiro atoms. The summed E-state index contributed by atoms with van der Waals surface area (Å²) in [6.07, 6.45) is 1.24. The van der Waals surface area contributed by atoms with Gasteiger partial charge in [0.25, 0.3) is 5.91 Å². The molecule has 1 atom stereocenters. The summed E-state index contributed by atoms with van der Waals surface area (Å²) in [5.41, 5.74) is 5.14. The van der Waals surface area contributed by atoms with Gasteiger partial charge in [-0.25, -0.2) is 4.39 Å². The van der Waals surface area contributed by atoms with Gasteiger partial charge in [-0.2, -0.15) is 0 Å². The zero-order chi connectivity index (χ0) is 27.4. The molecule has 2 heterocycles.